The molecule has 1 fully saturated rings. The summed E-state index contributed by atoms with van der Waals surface area (Å²) < 4.78 is 5.81. The molecule has 1 saturated heterocycles. The Morgan fingerprint density at radius 3 is 2.13 bits per heavy atom. The van der Waals surface area contributed by atoms with Gasteiger partial charge in [-0.1, -0.05) is 52.0 Å². The molecule has 4 atom stereocenters. The van der Waals surface area contributed by atoms with Gasteiger partial charge < -0.3 is 4.74 Å². The van der Waals surface area contributed by atoms with Gasteiger partial charge in [-0.2, -0.15) is 0 Å². The predicted molar refractivity (Wildman–Crippen MR) is 99.3 cm³/mol. The van der Waals surface area contributed by atoms with E-state index in [-0.39, 0.29) is 10.8 Å². The van der Waals surface area contributed by atoms with Crippen molar-refractivity contribution < 1.29 is 4.74 Å². The average molecular weight is 338 g/mol. The number of ether oxygens (including phenoxy) is 1. The maximum absolute atomic E-state index is 6.76. The zero-order chi connectivity index (χ0) is 17.2. The van der Waals surface area contributed by atoms with Crippen LogP contribution in [-0.2, 0) is 10.2 Å². The largest absolute Gasteiger partial charge is 0.373 e. The second-order valence-electron chi connectivity index (χ2n) is 8.23. The van der Waals surface area contributed by atoms with Crippen molar-refractivity contribution in [1.29, 1.82) is 0 Å². The standard InChI is InChI=1S/C20H32ClNO/c1-14(11-22-12-15(2)23-16(3)13-22)19(21)17-7-9-18(10-8-17)20(4,5)6/h7-10,14-16,19H,11-13H2,1-6H3/t14?,15-,16+,19?. The smallest absolute Gasteiger partial charge is 0.0678 e. The number of hydrogen-bond acceptors (Lipinski definition) is 2. The van der Waals surface area contributed by atoms with Gasteiger partial charge in [0.05, 0.1) is 17.6 Å². The molecule has 1 heterocycles. The lowest BCUT2D eigenvalue weighted by atomic mass is 9.86. The van der Waals surface area contributed by atoms with Crippen molar-refractivity contribution >= 4 is 11.6 Å². The van der Waals surface area contributed by atoms with Crippen LogP contribution in [0, 0.1) is 5.92 Å². The molecule has 0 radical (unpaired) electrons. The zero-order valence-corrected chi connectivity index (χ0v) is 16.2. The fraction of sp³-hybridized carbons (Fsp3) is 0.700. The van der Waals surface area contributed by atoms with E-state index in [0.29, 0.717) is 18.1 Å². The van der Waals surface area contributed by atoms with Gasteiger partial charge in [0.1, 0.15) is 0 Å². The summed E-state index contributed by atoms with van der Waals surface area (Å²) in [6, 6.07) is 8.82. The predicted octanol–water partition coefficient (Wildman–Crippen LogP) is 5.01. The van der Waals surface area contributed by atoms with E-state index in [1.807, 2.05) is 0 Å². The summed E-state index contributed by atoms with van der Waals surface area (Å²) in [6.45, 7) is 16.3. The molecule has 0 saturated carbocycles. The number of halogens is 1. The number of benzene rings is 1. The summed E-state index contributed by atoms with van der Waals surface area (Å²) >= 11 is 6.76. The molecule has 1 aliphatic rings. The maximum atomic E-state index is 6.76. The number of hydrogen-bond donors (Lipinski definition) is 0. The molecule has 0 aromatic heterocycles. The lowest BCUT2D eigenvalue weighted by molar-refractivity contribution is -0.0710. The van der Waals surface area contributed by atoms with Gasteiger partial charge in [0, 0.05) is 19.6 Å². The molecule has 0 N–H and O–H groups in total. The third-order valence-corrected chi connectivity index (χ3v) is 5.32. The molecule has 2 unspecified atom stereocenters. The minimum absolute atomic E-state index is 0.0532. The molecule has 2 rings (SSSR count). The number of nitrogens with zero attached hydrogens (tertiary/aromatic N) is 1. The lowest BCUT2D eigenvalue weighted by Gasteiger charge is -2.37. The lowest BCUT2D eigenvalue weighted by Crippen LogP contribution is -2.47. The highest BCUT2D eigenvalue weighted by Gasteiger charge is 2.26. The molecule has 23 heavy (non-hydrogen) atoms. The first-order valence-electron chi connectivity index (χ1n) is 8.79. The van der Waals surface area contributed by atoms with Gasteiger partial charge in [-0.05, 0) is 36.3 Å². The quantitative estimate of drug-likeness (QED) is 0.716. The Morgan fingerprint density at radius 2 is 1.65 bits per heavy atom. The van der Waals surface area contributed by atoms with E-state index in [2.05, 4.69) is 70.7 Å². The van der Waals surface area contributed by atoms with Crippen molar-refractivity contribution in [1.82, 2.24) is 4.90 Å². The first-order valence-corrected chi connectivity index (χ1v) is 9.22. The van der Waals surface area contributed by atoms with Crippen LogP contribution < -0.4 is 0 Å². The molecule has 0 aliphatic carbocycles. The maximum Gasteiger partial charge on any atom is 0.0678 e. The zero-order valence-electron chi connectivity index (χ0n) is 15.5. The van der Waals surface area contributed by atoms with E-state index in [4.69, 9.17) is 16.3 Å². The fourth-order valence-electron chi connectivity index (χ4n) is 3.43. The molecule has 3 heteroatoms. The highest BCUT2D eigenvalue weighted by molar-refractivity contribution is 6.21. The first-order chi connectivity index (χ1) is 10.7. The number of rotatable bonds is 4. The average Bonchev–Trinajstić information content (AvgIpc) is 2.44. The summed E-state index contributed by atoms with van der Waals surface area (Å²) in [5.74, 6) is 0.412. The van der Waals surface area contributed by atoms with Crippen LogP contribution in [0.25, 0.3) is 0 Å². The van der Waals surface area contributed by atoms with E-state index in [9.17, 15) is 0 Å². The van der Waals surface area contributed by atoms with E-state index < -0.39 is 0 Å². The van der Waals surface area contributed by atoms with Gasteiger partial charge in [-0.3, -0.25) is 4.90 Å². The van der Waals surface area contributed by atoms with Crippen LogP contribution in [0.4, 0.5) is 0 Å². The van der Waals surface area contributed by atoms with Crippen molar-refractivity contribution in [3.05, 3.63) is 35.4 Å². The van der Waals surface area contributed by atoms with E-state index in [0.717, 1.165) is 19.6 Å². The Hall–Kier alpha value is -0.570. The summed E-state index contributed by atoms with van der Waals surface area (Å²) in [4.78, 5) is 2.49. The van der Waals surface area contributed by atoms with Crippen LogP contribution in [0.3, 0.4) is 0 Å². The molecule has 0 bridgehead atoms. The van der Waals surface area contributed by atoms with Crippen LogP contribution in [-0.4, -0.2) is 36.7 Å². The Labute approximate surface area is 147 Å². The SMILES string of the molecule is CC(CN1C[C@@H](C)O[C@@H](C)C1)C(Cl)c1ccc(C(C)(C)C)cc1. The first kappa shape index (κ1) is 18.8. The van der Waals surface area contributed by atoms with Gasteiger partial charge in [0.15, 0.2) is 0 Å². The Bertz CT molecular complexity index is 483. The summed E-state index contributed by atoms with van der Waals surface area (Å²) in [5.41, 5.74) is 2.77. The van der Waals surface area contributed by atoms with Gasteiger partial charge in [-0.15, -0.1) is 11.6 Å². The summed E-state index contributed by atoms with van der Waals surface area (Å²) in [5, 5.41) is 0.0532. The Balaban J connectivity index is 1.97. The normalized spacial score (nSPS) is 26.0. The molecule has 1 aromatic carbocycles. The van der Waals surface area contributed by atoms with Gasteiger partial charge in [0.2, 0.25) is 0 Å². The van der Waals surface area contributed by atoms with Crippen LogP contribution >= 0.6 is 11.6 Å². The highest BCUT2D eigenvalue weighted by Crippen LogP contribution is 2.32. The molecule has 130 valence electrons. The van der Waals surface area contributed by atoms with Crippen LogP contribution in [0.5, 0.6) is 0 Å². The molecule has 1 aliphatic heterocycles. The van der Waals surface area contributed by atoms with Crippen molar-refractivity contribution in [2.24, 2.45) is 5.92 Å². The summed E-state index contributed by atoms with van der Waals surface area (Å²) in [6.07, 6.45) is 0.622. The third kappa shape index (κ3) is 5.20. The minimum Gasteiger partial charge on any atom is -0.373 e. The second-order valence-corrected chi connectivity index (χ2v) is 8.70. The second kappa shape index (κ2) is 7.55. The molecule has 0 spiro atoms. The van der Waals surface area contributed by atoms with Crippen LogP contribution in [0.1, 0.15) is 58.0 Å². The van der Waals surface area contributed by atoms with Crippen LogP contribution in [0.2, 0.25) is 0 Å². The van der Waals surface area contributed by atoms with Gasteiger partial charge in [-0.25, -0.2) is 0 Å². The van der Waals surface area contributed by atoms with Gasteiger partial charge in [0.25, 0.3) is 0 Å². The molecule has 1 aromatic rings. The number of alkyl halides is 1. The van der Waals surface area contributed by atoms with E-state index in [1.54, 1.807) is 0 Å². The molecule has 2 nitrogen and oxygen atoms in total. The fourth-order valence-corrected chi connectivity index (χ4v) is 3.65. The molecule has 0 amide bonds. The van der Waals surface area contributed by atoms with Crippen molar-refractivity contribution in [2.75, 3.05) is 19.6 Å². The van der Waals surface area contributed by atoms with E-state index >= 15 is 0 Å². The van der Waals surface area contributed by atoms with Gasteiger partial charge >= 0.3 is 0 Å². The Kier molecular flexibility index (Phi) is 6.16. The number of morpholine rings is 1. The monoisotopic (exact) mass is 337 g/mol. The molecular weight excluding hydrogens is 306 g/mol. The van der Waals surface area contributed by atoms with Crippen molar-refractivity contribution in [3.63, 3.8) is 0 Å². The minimum atomic E-state index is 0.0532. The molecular formula is C20H32ClNO. The third-order valence-electron chi connectivity index (χ3n) is 4.64. The summed E-state index contributed by atoms with van der Waals surface area (Å²) in [7, 11) is 0. The van der Waals surface area contributed by atoms with E-state index in [1.165, 1.54) is 11.1 Å². The van der Waals surface area contributed by atoms with Crippen molar-refractivity contribution in [3.8, 4) is 0 Å². The Morgan fingerprint density at radius 1 is 1.13 bits per heavy atom. The topological polar surface area (TPSA) is 12.5 Å². The van der Waals surface area contributed by atoms with Crippen molar-refractivity contribution in [2.45, 2.75) is 64.5 Å². The highest BCUT2D eigenvalue weighted by atomic mass is 35.5. The van der Waals surface area contributed by atoms with Crippen LogP contribution in [0.15, 0.2) is 24.3 Å².